The van der Waals surface area contributed by atoms with Gasteiger partial charge in [-0.3, -0.25) is 0 Å². The number of aromatic nitrogens is 1. The van der Waals surface area contributed by atoms with Gasteiger partial charge in [0.1, 0.15) is 5.00 Å². The van der Waals surface area contributed by atoms with Crippen molar-refractivity contribution in [1.82, 2.24) is 10.3 Å². The Balaban J connectivity index is 2.49. The second-order valence-corrected chi connectivity index (χ2v) is 2.83. The number of anilines is 1. The average Bonchev–Trinajstić information content (AvgIpc) is 2.31. The molecule has 3 N–H and O–H groups in total. The molecule has 1 aromatic heterocycles. The summed E-state index contributed by atoms with van der Waals surface area (Å²) in [7, 11) is 0. The Morgan fingerprint density at radius 1 is 1.80 bits per heavy atom. The maximum Gasteiger partial charge on any atom is 0.110 e. The molecule has 0 aliphatic carbocycles. The van der Waals surface area contributed by atoms with E-state index >= 15 is 0 Å². The van der Waals surface area contributed by atoms with Gasteiger partial charge in [0.15, 0.2) is 0 Å². The lowest BCUT2D eigenvalue weighted by atomic mass is 10.4. The molecule has 4 heteroatoms. The molecule has 0 fully saturated rings. The highest BCUT2D eigenvalue weighted by molar-refractivity contribution is 7.13. The van der Waals surface area contributed by atoms with Crippen molar-refractivity contribution in [1.29, 1.82) is 0 Å². The Kier molecular flexibility index (Phi) is 2.65. The summed E-state index contributed by atoms with van der Waals surface area (Å²) >= 11 is 1.48. The van der Waals surface area contributed by atoms with Crippen molar-refractivity contribution in [2.75, 3.05) is 12.3 Å². The maximum absolute atomic E-state index is 5.60. The van der Waals surface area contributed by atoms with Crippen molar-refractivity contribution in [2.24, 2.45) is 0 Å². The Bertz CT molecular complexity index is 197. The SMILES string of the molecule is CCNCc1ncsc1N. The lowest BCUT2D eigenvalue weighted by molar-refractivity contribution is 0.716. The van der Waals surface area contributed by atoms with E-state index in [1.54, 1.807) is 5.51 Å². The molecule has 56 valence electrons. The van der Waals surface area contributed by atoms with E-state index < -0.39 is 0 Å². The van der Waals surface area contributed by atoms with E-state index in [2.05, 4.69) is 17.2 Å². The first kappa shape index (κ1) is 7.50. The van der Waals surface area contributed by atoms with Crippen molar-refractivity contribution < 1.29 is 0 Å². The molecule has 0 saturated carbocycles. The number of nitrogens with zero attached hydrogens (tertiary/aromatic N) is 1. The Morgan fingerprint density at radius 2 is 2.60 bits per heavy atom. The van der Waals surface area contributed by atoms with E-state index in [0.29, 0.717) is 0 Å². The lowest BCUT2D eigenvalue weighted by Gasteiger charge is -1.96. The zero-order chi connectivity index (χ0) is 7.40. The number of nitrogens with two attached hydrogens (primary N) is 1. The molecule has 0 aliphatic rings. The summed E-state index contributed by atoms with van der Waals surface area (Å²) in [5.41, 5.74) is 8.33. The summed E-state index contributed by atoms with van der Waals surface area (Å²) in [6.45, 7) is 3.80. The number of rotatable bonds is 3. The second-order valence-electron chi connectivity index (χ2n) is 1.94. The zero-order valence-corrected chi connectivity index (χ0v) is 6.74. The number of hydrogen-bond acceptors (Lipinski definition) is 4. The minimum Gasteiger partial charge on any atom is -0.389 e. The van der Waals surface area contributed by atoms with Crippen LogP contribution in [0.5, 0.6) is 0 Å². The van der Waals surface area contributed by atoms with Crippen molar-refractivity contribution in [3.63, 3.8) is 0 Å². The van der Waals surface area contributed by atoms with Gasteiger partial charge in [-0.15, -0.1) is 11.3 Å². The molecule has 0 radical (unpaired) electrons. The van der Waals surface area contributed by atoms with Crippen LogP contribution in [0.4, 0.5) is 5.00 Å². The highest BCUT2D eigenvalue weighted by Gasteiger charge is 1.98. The van der Waals surface area contributed by atoms with E-state index in [9.17, 15) is 0 Å². The Labute approximate surface area is 64.3 Å². The standard InChI is InChI=1S/C6H11N3S/c1-2-8-3-5-6(7)10-4-9-5/h4,8H,2-3,7H2,1H3. The molecule has 0 amide bonds. The molecule has 0 atom stereocenters. The number of nitrogen functional groups attached to an aromatic ring is 1. The molecule has 0 spiro atoms. The van der Waals surface area contributed by atoms with Crippen LogP contribution in [0.1, 0.15) is 12.6 Å². The van der Waals surface area contributed by atoms with Crippen LogP contribution in [0.2, 0.25) is 0 Å². The summed E-state index contributed by atoms with van der Waals surface area (Å²) in [6, 6.07) is 0. The van der Waals surface area contributed by atoms with Gasteiger partial charge in [-0.05, 0) is 6.54 Å². The summed E-state index contributed by atoms with van der Waals surface area (Å²) in [5, 5.41) is 3.98. The third-order valence-corrected chi connectivity index (χ3v) is 1.92. The summed E-state index contributed by atoms with van der Waals surface area (Å²) in [5.74, 6) is 0. The topological polar surface area (TPSA) is 50.9 Å². The Hall–Kier alpha value is -0.610. The largest absolute Gasteiger partial charge is 0.389 e. The van der Waals surface area contributed by atoms with Gasteiger partial charge >= 0.3 is 0 Å². The van der Waals surface area contributed by atoms with E-state index in [4.69, 9.17) is 5.73 Å². The van der Waals surface area contributed by atoms with E-state index in [1.807, 2.05) is 0 Å². The second kappa shape index (κ2) is 3.53. The smallest absolute Gasteiger partial charge is 0.110 e. The molecule has 1 aromatic rings. The van der Waals surface area contributed by atoms with Crippen LogP contribution < -0.4 is 11.1 Å². The molecule has 0 saturated heterocycles. The van der Waals surface area contributed by atoms with Gasteiger partial charge in [0, 0.05) is 6.54 Å². The van der Waals surface area contributed by atoms with Gasteiger partial charge in [0.2, 0.25) is 0 Å². The number of nitrogens with one attached hydrogen (secondary N) is 1. The highest BCUT2D eigenvalue weighted by Crippen LogP contribution is 2.14. The van der Waals surface area contributed by atoms with Gasteiger partial charge in [0.25, 0.3) is 0 Å². The minimum atomic E-state index is 0.784. The molecule has 1 rings (SSSR count). The molecule has 1 heterocycles. The summed E-state index contributed by atoms with van der Waals surface area (Å²) in [6.07, 6.45) is 0. The first-order valence-electron chi connectivity index (χ1n) is 3.23. The van der Waals surface area contributed by atoms with Gasteiger partial charge in [-0.2, -0.15) is 0 Å². The molecule has 10 heavy (non-hydrogen) atoms. The first-order chi connectivity index (χ1) is 4.84. The average molecular weight is 157 g/mol. The van der Waals surface area contributed by atoms with Crippen LogP contribution >= 0.6 is 11.3 Å². The van der Waals surface area contributed by atoms with Crippen molar-refractivity contribution in [3.8, 4) is 0 Å². The Morgan fingerprint density at radius 3 is 3.10 bits per heavy atom. The van der Waals surface area contributed by atoms with Gasteiger partial charge < -0.3 is 11.1 Å². The third-order valence-electron chi connectivity index (χ3n) is 1.22. The maximum atomic E-state index is 5.60. The lowest BCUT2D eigenvalue weighted by Crippen LogP contribution is -2.12. The van der Waals surface area contributed by atoms with Crippen LogP contribution in [0.15, 0.2) is 5.51 Å². The molecular formula is C6H11N3S. The first-order valence-corrected chi connectivity index (χ1v) is 4.11. The fourth-order valence-electron chi connectivity index (χ4n) is 0.655. The fraction of sp³-hybridized carbons (Fsp3) is 0.500. The predicted octanol–water partition coefficient (Wildman–Crippen LogP) is 0.835. The molecule has 0 bridgehead atoms. The molecule has 3 nitrogen and oxygen atoms in total. The van der Waals surface area contributed by atoms with E-state index in [-0.39, 0.29) is 0 Å². The van der Waals surface area contributed by atoms with E-state index in [0.717, 1.165) is 23.8 Å². The fourth-order valence-corrected chi connectivity index (χ4v) is 1.21. The molecule has 0 aliphatic heterocycles. The van der Waals surface area contributed by atoms with Crippen LogP contribution in [0.3, 0.4) is 0 Å². The van der Waals surface area contributed by atoms with Crippen LogP contribution in [-0.4, -0.2) is 11.5 Å². The predicted molar refractivity (Wildman–Crippen MR) is 43.9 cm³/mol. The van der Waals surface area contributed by atoms with Crippen LogP contribution in [-0.2, 0) is 6.54 Å². The summed E-state index contributed by atoms with van der Waals surface area (Å²) < 4.78 is 0. The van der Waals surface area contributed by atoms with Gasteiger partial charge in [-0.1, -0.05) is 6.92 Å². The minimum absolute atomic E-state index is 0.784. The van der Waals surface area contributed by atoms with Gasteiger partial charge in [0.05, 0.1) is 11.2 Å². The van der Waals surface area contributed by atoms with Crippen molar-refractivity contribution in [3.05, 3.63) is 11.2 Å². The van der Waals surface area contributed by atoms with E-state index in [1.165, 1.54) is 11.3 Å². The monoisotopic (exact) mass is 157 g/mol. The number of hydrogen-bond donors (Lipinski definition) is 2. The third kappa shape index (κ3) is 1.68. The number of thiazole rings is 1. The molecule has 0 aromatic carbocycles. The van der Waals surface area contributed by atoms with Crippen LogP contribution in [0.25, 0.3) is 0 Å². The van der Waals surface area contributed by atoms with Crippen molar-refractivity contribution >= 4 is 16.3 Å². The van der Waals surface area contributed by atoms with Crippen LogP contribution in [0, 0.1) is 0 Å². The molecule has 0 unspecified atom stereocenters. The van der Waals surface area contributed by atoms with Crippen molar-refractivity contribution in [2.45, 2.75) is 13.5 Å². The zero-order valence-electron chi connectivity index (χ0n) is 5.92. The summed E-state index contributed by atoms with van der Waals surface area (Å²) in [4.78, 5) is 4.08. The molecular weight excluding hydrogens is 146 g/mol. The quantitative estimate of drug-likeness (QED) is 0.683. The normalized spacial score (nSPS) is 10.1. The highest BCUT2D eigenvalue weighted by atomic mass is 32.1. The van der Waals surface area contributed by atoms with Gasteiger partial charge in [-0.25, -0.2) is 4.98 Å².